The average Bonchev–Trinajstić information content (AvgIpc) is 1.36. The smallest absolute Gasteiger partial charge is 0.252 e. The number of anilines is 6. The summed E-state index contributed by atoms with van der Waals surface area (Å²) in [4.78, 5) is 3.96. The fourth-order valence-electron chi connectivity index (χ4n) is 19.8. The lowest BCUT2D eigenvalue weighted by molar-refractivity contribution is 0.569. The van der Waals surface area contributed by atoms with Gasteiger partial charge >= 0.3 is 0 Å². The van der Waals surface area contributed by atoms with E-state index in [0.717, 1.165) is 66.3 Å². The minimum absolute atomic E-state index is 0.000900. The fraction of sp³-hybridized carbons (Fsp3) is 0.308. The van der Waals surface area contributed by atoms with Gasteiger partial charge in [0.05, 0.1) is 84.4 Å². The maximum absolute atomic E-state index is 12.1. The van der Waals surface area contributed by atoms with Crippen LogP contribution < -0.4 is 26.2 Å². The zero-order valence-electron chi connectivity index (χ0n) is 110. The molecule has 136 heavy (non-hydrogen) atoms. The van der Waals surface area contributed by atoms with Gasteiger partial charge in [0.2, 0.25) is 0 Å². The van der Waals surface area contributed by atoms with E-state index in [0.29, 0.717) is 44.6 Å². The topological polar surface area (TPSA) is 21.3 Å². The lowest BCUT2D eigenvalue weighted by Crippen LogP contribution is -2.61. The molecule has 3 aromatic heterocycles. The molecule has 0 unspecified atom stereocenters. The van der Waals surface area contributed by atoms with Crippen LogP contribution in [0.2, 0.25) is 0 Å². The molecule has 18 aromatic rings. The molecule has 0 saturated carbocycles. The Bertz CT molecular complexity index is 9260. The molecular formula is C130H138BN5. The Kier molecular flexibility index (Phi) is 15.3. The maximum Gasteiger partial charge on any atom is 0.252 e. The molecule has 0 aliphatic carbocycles. The zero-order valence-corrected chi connectivity index (χ0v) is 84.6. The van der Waals surface area contributed by atoms with Crippen molar-refractivity contribution in [2.24, 2.45) is 0 Å². The lowest BCUT2D eigenvalue weighted by atomic mass is 9.33. The van der Waals surface area contributed by atoms with Gasteiger partial charge in [0.25, 0.3) is 6.71 Å². The van der Waals surface area contributed by atoms with Crippen LogP contribution in [0.1, 0.15) is 298 Å². The van der Waals surface area contributed by atoms with Crippen molar-refractivity contribution in [1.82, 2.24) is 13.7 Å². The molecular weight excluding hydrogens is 1640 g/mol. The summed E-state index contributed by atoms with van der Waals surface area (Å²) >= 11 is 0. The van der Waals surface area contributed by atoms with Gasteiger partial charge in [0.15, 0.2) is 0 Å². The van der Waals surface area contributed by atoms with Crippen LogP contribution in [0.5, 0.6) is 0 Å². The van der Waals surface area contributed by atoms with Gasteiger partial charge in [-0.2, -0.15) is 0 Å². The van der Waals surface area contributed by atoms with Gasteiger partial charge in [-0.3, -0.25) is 0 Å². The summed E-state index contributed by atoms with van der Waals surface area (Å²) in [6.07, 6.45) is 0. The molecule has 5 heterocycles. The Morgan fingerprint density at radius 3 is 0.971 bits per heavy atom. The summed E-state index contributed by atoms with van der Waals surface area (Å²) in [5.74, 6) is 0. The summed E-state index contributed by atoms with van der Waals surface area (Å²) in [7, 11) is 0. The van der Waals surface area contributed by atoms with E-state index >= 15 is 0 Å². The summed E-state index contributed by atoms with van der Waals surface area (Å²) in [5, 5.41) is 0.767. The molecule has 0 amide bonds. The monoisotopic (exact) mass is 1810 g/mol. The highest BCUT2D eigenvalue weighted by atomic mass is 15.2. The van der Waals surface area contributed by atoms with Crippen molar-refractivity contribution in [1.29, 1.82) is 0 Å². The third-order valence-electron chi connectivity index (χ3n) is 27.7. The van der Waals surface area contributed by atoms with Crippen molar-refractivity contribution in [2.45, 2.75) is 262 Å². The Hall–Kier alpha value is -12.6. The Morgan fingerprint density at radius 2 is 0.559 bits per heavy atom. The van der Waals surface area contributed by atoms with Crippen molar-refractivity contribution in [2.75, 3.05) is 9.80 Å². The first-order chi connectivity index (χ1) is 74.2. The van der Waals surface area contributed by atoms with Crippen LogP contribution in [-0.4, -0.2) is 20.4 Å². The number of hydrogen-bond acceptors (Lipinski definition) is 2. The van der Waals surface area contributed by atoms with Gasteiger partial charge in [-0.15, -0.1) is 0 Å². The molecule has 0 bridgehead atoms. The molecule has 5 nitrogen and oxygen atoms in total. The molecule has 0 fully saturated rings. The normalized spacial score (nSPS) is 16.3. The molecule has 0 radical (unpaired) electrons. The van der Waals surface area contributed by atoms with Gasteiger partial charge in [-0.25, -0.2) is 0 Å². The van der Waals surface area contributed by atoms with Gasteiger partial charge in [-0.1, -0.05) is 389 Å². The van der Waals surface area contributed by atoms with Crippen LogP contribution in [0, 0.1) is 0 Å². The van der Waals surface area contributed by atoms with Crippen LogP contribution >= 0.6 is 0 Å². The molecule has 0 saturated heterocycles. The van der Waals surface area contributed by atoms with Crippen LogP contribution in [0.3, 0.4) is 0 Å². The van der Waals surface area contributed by atoms with Crippen molar-refractivity contribution in [3.63, 3.8) is 0 Å². The second-order valence-corrected chi connectivity index (χ2v) is 48.1. The predicted octanol–water partition coefficient (Wildman–Crippen LogP) is 34.7. The van der Waals surface area contributed by atoms with Gasteiger partial charge in [0.1, 0.15) is 0 Å². The quantitative estimate of drug-likeness (QED) is 0.134. The third-order valence-corrected chi connectivity index (χ3v) is 27.7. The summed E-state index contributed by atoms with van der Waals surface area (Å²) in [6.45, 7) is 59.6. The minimum Gasteiger partial charge on any atom is -0.310 e. The second-order valence-electron chi connectivity index (χ2n) is 48.1. The highest BCUT2D eigenvalue weighted by Gasteiger charge is 2.48. The number of rotatable bonds is 9. The van der Waals surface area contributed by atoms with E-state index in [1.54, 1.807) is 64.6 Å². The molecule has 0 atom stereocenters. The Balaban J connectivity index is 1.15. The number of benzene rings is 15. The third kappa shape index (κ3) is 15.5. The zero-order chi connectivity index (χ0) is 118. The van der Waals surface area contributed by atoms with Gasteiger partial charge < -0.3 is 23.5 Å². The van der Waals surface area contributed by atoms with Crippen LogP contribution in [-0.2, 0) is 54.1 Å². The Morgan fingerprint density at radius 1 is 0.213 bits per heavy atom. The maximum atomic E-state index is 12.1. The predicted molar refractivity (Wildman–Crippen MR) is 592 cm³/mol. The highest BCUT2D eigenvalue weighted by molar-refractivity contribution is 7.00. The molecule has 6 heteroatoms. The molecule has 15 aromatic carbocycles. The lowest BCUT2D eigenvalue weighted by Gasteiger charge is -2.46. The molecule has 686 valence electrons. The molecule has 2 aliphatic heterocycles. The summed E-state index contributed by atoms with van der Waals surface area (Å²) in [6, 6.07) is 32.8. The molecule has 20 rings (SSSR count). The summed E-state index contributed by atoms with van der Waals surface area (Å²) in [5.41, 5.74) is 3.11. The SMILES string of the molecule is [2H]c1c([2H])c(C(C)(C)C)c([2H])c([2H])c1-c1c([2H])c(C(C)(C)C)c([2H])c(-c2c([2H])c(C(C)(C)C)c([2H])c([2H])c2C(C)(C)C)c1N1c2cc(-n3c4c([2H])c([2H])c([2H])c([2H])c4c4c([2H])c([2H])c([2H])c([2H])c43)ccc2B2c3ccc(-n4c5ccc(C(C)(C)C)cc5c5cc(C(C)(C)C)ccc54)cc3N(c3c(-c4ccc(C(C)(C)C)cc4)cc(C(C)(C)C)cc3-c3cc(C(C)(C)C)cc(C(C)(C)C)c3)c3cc(-n4c5c([2H])c([2H])c([2H])c([2H])c5c5c([2H])c([2H])c([2H])c([2H])c54)cc1c32. The highest BCUT2D eigenvalue weighted by Crippen LogP contribution is 2.58. The van der Waals surface area contributed by atoms with Crippen molar-refractivity contribution < 1.29 is 34.3 Å². The summed E-state index contributed by atoms with van der Waals surface area (Å²) < 4.78 is 266. The first-order valence-corrected chi connectivity index (χ1v) is 47.8. The molecule has 2 aliphatic rings. The molecule has 0 spiro atoms. The van der Waals surface area contributed by atoms with Crippen LogP contribution in [0.4, 0.5) is 34.1 Å². The van der Waals surface area contributed by atoms with E-state index in [9.17, 15) is 34.3 Å². The van der Waals surface area contributed by atoms with Crippen molar-refractivity contribution in [3.05, 3.63) is 346 Å². The number of para-hydroxylation sites is 4. The standard InChI is InChI=1S/C130H138BN5/c1-121(2,3)82-51-47-79(48-52-82)98-71-89(128(22,23)24)73-100(81-65-87(126(16,17)18)67-88(66-81)127(19,20)21)119(98)135-114-76-92(133-112-63-56-85(124(10,11)12)69-102(112)103-70-86(125(13,14)15)57-64-113(103)133)59-62-106(114)131-107-61-58-91(132-108-43-35-31-39-94(108)95-40-32-36-44-109(95)132)75-115(107)136(117-78-93(77-116(135)118(117)131)134-110-45-37-33-41-96(110)97-42-34-38-46-111(97)134)120-99(80-49-53-83(54-50-80)122(4,5)6)72-90(129(25,26)27)74-104(120)101-68-84(123(7,8)9)55-60-105(101)130(28,29)30/h31-78H,1-30H3/i31D,32D,33D,34D,35D,36D,37D,38D,39D,40D,41D,42D,43D,44D,45D,46D,49D,50D,53D,54D,55D,60D,68D,72D,74D. The number of fused-ring (bicyclic) bond motifs is 13. The fourth-order valence-corrected chi connectivity index (χ4v) is 19.8. The first-order valence-electron chi connectivity index (χ1n) is 60.3. The van der Waals surface area contributed by atoms with E-state index in [2.05, 4.69) is 243 Å². The second kappa shape index (κ2) is 31.5. The van der Waals surface area contributed by atoms with E-state index < -0.39 is 189 Å². The minimum atomic E-state index is -1.38. The largest absolute Gasteiger partial charge is 0.310 e. The average molecular weight is 1810 g/mol. The molecule has 0 N–H and O–H groups in total. The first kappa shape index (κ1) is 65.9. The van der Waals surface area contributed by atoms with E-state index in [-0.39, 0.29) is 146 Å². The Labute approximate surface area is 845 Å². The number of nitrogens with zero attached hydrogens (tertiary/aromatic N) is 5. The van der Waals surface area contributed by atoms with E-state index in [1.165, 1.54) is 9.13 Å². The van der Waals surface area contributed by atoms with Crippen molar-refractivity contribution >= 4 is 123 Å². The van der Waals surface area contributed by atoms with Gasteiger partial charge in [-0.05, 0) is 257 Å². The van der Waals surface area contributed by atoms with Crippen LogP contribution in [0.25, 0.3) is 127 Å². The van der Waals surface area contributed by atoms with Gasteiger partial charge in [0, 0.05) is 88.7 Å². The number of aromatic nitrogens is 3. The van der Waals surface area contributed by atoms with E-state index in [4.69, 9.17) is 0 Å². The van der Waals surface area contributed by atoms with E-state index in [1.807, 2.05) is 53.7 Å². The van der Waals surface area contributed by atoms with Crippen LogP contribution in [0.15, 0.2) is 291 Å². The number of hydrogen-bond donors (Lipinski definition) is 0. The van der Waals surface area contributed by atoms with Crippen molar-refractivity contribution in [3.8, 4) is 61.6 Å².